The van der Waals surface area contributed by atoms with Crippen molar-refractivity contribution in [3.8, 4) is 0 Å². The van der Waals surface area contributed by atoms with Crippen LogP contribution in [0.3, 0.4) is 0 Å². The van der Waals surface area contributed by atoms with E-state index in [1.807, 2.05) is 0 Å². The molecule has 1 saturated heterocycles. The van der Waals surface area contributed by atoms with Crippen LogP contribution in [0, 0.1) is 0 Å². The second kappa shape index (κ2) is 16.5. The lowest BCUT2D eigenvalue weighted by Gasteiger charge is -2.39. The summed E-state index contributed by atoms with van der Waals surface area (Å²) in [5.74, 6) is 0. The minimum Gasteiger partial charge on any atom is -0.394 e. The van der Waals surface area contributed by atoms with Gasteiger partial charge in [0.15, 0.2) is 6.29 Å². The molecule has 5 atom stereocenters. The number of hydrogen-bond donors (Lipinski definition) is 4. The van der Waals surface area contributed by atoms with Crippen molar-refractivity contribution in [1.29, 1.82) is 0 Å². The number of hydrogen-bond acceptors (Lipinski definition) is 6. The summed E-state index contributed by atoms with van der Waals surface area (Å²) >= 11 is 0. The fourth-order valence-corrected chi connectivity index (χ4v) is 3.70. The van der Waals surface area contributed by atoms with E-state index in [1.165, 1.54) is 77.0 Å². The number of aliphatic hydroxyl groups is 4. The average Bonchev–Trinajstić information content (AvgIpc) is 2.70. The molecule has 28 heavy (non-hydrogen) atoms. The highest BCUT2D eigenvalue weighted by atomic mass is 16.7. The first-order valence-corrected chi connectivity index (χ1v) is 11.5. The molecule has 0 aromatic carbocycles. The lowest BCUT2D eigenvalue weighted by atomic mass is 9.99. The summed E-state index contributed by atoms with van der Waals surface area (Å²) in [4.78, 5) is 0. The Balaban J connectivity index is 1.90. The highest BCUT2D eigenvalue weighted by molar-refractivity contribution is 4.88. The van der Waals surface area contributed by atoms with Gasteiger partial charge in [-0.3, -0.25) is 0 Å². The Morgan fingerprint density at radius 3 is 1.57 bits per heavy atom. The van der Waals surface area contributed by atoms with Gasteiger partial charge in [-0.2, -0.15) is 0 Å². The molecular weight excluding hydrogens is 360 g/mol. The molecule has 0 radical (unpaired) electrons. The fraction of sp³-hybridized carbons (Fsp3) is 1.00. The second-order valence-electron chi connectivity index (χ2n) is 8.16. The predicted octanol–water partition coefficient (Wildman–Crippen LogP) is 3.28. The SMILES string of the molecule is CCCCCCCCCCCCCCCCO[C@@H]1O[C@H](CO)[C@@H](O)[C@H](O)[C@H]1O. The van der Waals surface area contributed by atoms with Crippen LogP contribution < -0.4 is 0 Å². The molecule has 0 spiro atoms. The maximum Gasteiger partial charge on any atom is 0.186 e. The molecule has 0 amide bonds. The van der Waals surface area contributed by atoms with Crippen molar-refractivity contribution in [1.82, 2.24) is 0 Å². The van der Waals surface area contributed by atoms with Crippen molar-refractivity contribution >= 4 is 0 Å². The normalized spacial score (nSPS) is 28.0. The molecule has 1 fully saturated rings. The molecule has 0 saturated carbocycles. The Labute approximate surface area is 171 Å². The van der Waals surface area contributed by atoms with Crippen LogP contribution in [0.25, 0.3) is 0 Å². The minimum absolute atomic E-state index is 0.427. The van der Waals surface area contributed by atoms with Gasteiger partial charge in [0.1, 0.15) is 24.4 Å². The number of aliphatic hydroxyl groups excluding tert-OH is 4. The number of rotatable bonds is 17. The third kappa shape index (κ3) is 10.5. The van der Waals surface area contributed by atoms with Gasteiger partial charge in [0.2, 0.25) is 0 Å². The Hall–Kier alpha value is -0.240. The van der Waals surface area contributed by atoms with Gasteiger partial charge < -0.3 is 29.9 Å². The first-order valence-electron chi connectivity index (χ1n) is 11.5. The van der Waals surface area contributed by atoms with Crippen molar-refractivity contribution in [3.05, 3.63) is 0 Å². The lowest BCUT2D eigenvalue weighted by Crippen LogP contribution is -2.59. The van der Waals surface area contributed by atoms with E-state index in [-0.39, 0.29) is 0 Å². The highest BCUT2D eigenvalue weighted by Crippen LogP contribution is 2.22. The summed E-state index contributed by atoms with van der Waals surface area (Å²) < 4.78 is 10.8. The smallest absolute Gasteiger partial charge is 0.186 e. The van der Waals surface area contributed by atoms with Crippen LogP contribution >= 0.6 is 0 Å². The van der Waals surface area contributed by atoms with Gasteiger partial charge in [-0.05, 0) is 6.42 Å². The maximum atomic E-state index is 9.89. The van der Waals surface area contributed by atoms with Gasteiger partial charge in [-0.15, -0.1) is 0 Å². The number of unbranched alkanes of at least 4 members (excludes halogenated alkanes) is 13. The largest absolute Gasteiger partial charge is 0.394 e. The van der Waals surface area contributed by atoms with Crippen LogP contribution in [-0.4, -0.2) is 64.3 Å². The zero-order chi connectivity index (χ0) is 20.6. The molecule has 0 unspecified atom stereocenters. The van der Waals surface area contributed by atoms with Crippen LogP contribution in [0.4, 0.5) is 0 Å². The van der Waals surface area contributed by atoms with Crippen LogP contribution in [-0.2, 0) is 9.47 Å². The van der Waals surface area contributed by atoms with Crippen LogP contribution in [0.2, 0.25) is 0 Å². The summed E-state index contributed by atoms with van der Waals surface area (Å²) in [5, 5.41) is 38.5. The summed E-state index contributed by atoms with van der Waals surface area (Å²) in [6.45, 7) is 2.26. The average molecular weight is 405 g/mol. The van der Waals surface area contributed by atoms with Crippen molar-refractivity contribution in [3.63, 3.8) is 0 Å². The van der Waals surface area contributed by atoms with E-state index < -0.39 is 37.3 Å². The summed E-state index contributed by atoms with van der Waals surface area (Å²) in [6, 6.07) is 0. The molecule has 1 rings (SSSR count). The zero-order valence-electron chi connectivity index (χ0n) is 17.8. The summed E-state index contributed by atoms with van der Waals surface area (Å²) in [6.07, 6.45) is 12.1. The van der Waals surface area contributed by atoms with Gasteiger partial charge in [0.25, 0.3) is 0 Å². The van der Waals surface area contributed by atoms with E-state index in [0.717, 1.165) is 12.8 Å². The molecule has 6 heteroatoms. The first kappa shape index (κ1) is 25.8. The predicted molar refractivity (Wildman–Crippen MR) is 110 cm³/mol. The van der Waals surface area contributed by atoms with Crippen molar-refractivity contribution < 1.29 is 29.9 Å². The third-order valence-corrected chi connectivity index (χ3v) is 5.63. The molecule has 1 aliphatic rings. The van der Waals surface area contributed by atoms with Gasteiger partial charge in [0.05, 0.1) is 6.61 Å². The lowest BCUT2D eigenvalue weighted by molar-refractivity contribution is -0.301. The first-order chi connectivity index (χ1) is 13.6. The van der Waals surface area contributed by atoms with E-state index in [2.05, 4.69) is 6.92 Å². The Kier molecular flexibility index (Phi) is 15.2. The van der Waals surface area contributed by atoms with Gasteiger partial charge >= 0.3 is 0 Å². The van der Waals surface area contributed by atoms with E-state index in [1.54, 1.807) is 0 Å². The number of ether oxygens (including phenoxy) is 2. The molecule has 0 bridgehead atoms. The van der Waals surface area contributed by atoms with Crippen LogP contribution in [0.15, 0.2) is 0 Å². The topological polar surface area (TPSA) is 99.4 Å². The van der Waals surface area contributed by atoms with E-state index >= 15 is 0 Å². The second-order valence-corrected chi connectivity index (χ2v) is 8.16. The molecule has 1 heterocycles. The van der Waals surface area contributed by atoms with Crippen LogP contribution in [0.1, 0.15) is 96.8 Å². The molecule has 0 aliphatic carbocycles. The monoisotopic (exact) mass is 404 g/mol. The van der Waals surface area contributed by atoms with E-state index in [9.17, 15) is 15.3 Å². The van der Waals surface area contributed by atoms with Crippen molar-refractivity contribution in [2.45, 2.75) is 128 Å². The maximum absolute atomic E-state index is 9.89. The van der Waals surface area contributed by atoms with Gasteiger partial charge in [-0.25, -0.2) is 0 Å². The molecule has 1 aliphatic heterocycles. The van der Waals surface area contributed by atoms with Crippen LogP contribution in [0.5, 0.6) is 0 Å². The zero-order valence-corrected chi connectivity index (χ0v) is 17.8. The minimum atomic E-state index is -1.37. The Bertz CT molecular complexity index is 352. The fourth-order valence-electron chi connectivity index (χ4n) is 3.70. The van der Waals surface area contributed by atoms with Gasteiger partial charge in [-0.1, -0.05) is 90.4 Å². The molecule has 4 N–H and O–H groups in total. The molecule has 6 nitrogen and oxygen atoms in total. The highest BCUT2D eigenvalue weighted by Gasteiger charge is 2.43. The van der Waals surface area contributed by atoms with E-state index in [0.29, 0.717) is 6.61 Å². The summed E-state index contributed by atoms with van der Waals surface area (Å²) in [7, 11) is 0. The quantitative estimate of drug-likeness (QED) is 0.278. The van der Waals surface area contributed by atoms with Crippen molar-refractivity contribution in [2.75, 3.05) is 13.2 Å². The molecule has 168 valence electrons. The third-order valence-electron chi connectivity index (χ3n) is 5.63. The molecule has 0 aromatic heterocycles. The standard InChI is InChI=1S/C22H44O6/c1-2-3-4-5-6-7-8-9-10-11-12-13-14-15-16-27-22-21(26)20(25)19(24)18(17-23)28-22/h18-26H,2-17H2,1H3/t18-,19-,20+,21-,22-/m1/s1. The molecule has 0 aromatic rings. The summed E-state index contributed by atoms with van der Waals surface area (Å²) in [5.41, 5.74) is 0. The van der Waals surface area contributed by atoms with E-state index in [4.69, 9.17) is 14.6 Å². The Morgan fingerprint density at radius 1 is 0.643 bits per heavy atom. The van der Waals surface area contributed by atoms with Gasteiger partial charge in [0, 0.05) is 6.61 Å². The molecular formula is C22H44O6. The Morgan fingerprint density at radius 2 is 1.11 bits per heavy atom. The van der Waals surface area contributed by atoms with Crippen molar-refractivity contribution in [2.24, 2.45) is 0 Å².